The van der Waals surface area contributed by atoms with Gasteiger partial charge in [-0.3, -0.25) is 4.79 Å². The molecule has 1 aromatic rings. The van der Waals surface area contributed by atoms with Gasteiger partial charge in [-0.05, 0) is 17.0 Å². The van der Waals surface area contributed by atoms with Gasteiger partial charge in [0.05, 0.1) is 5.75 Å². The van der Waals surface area contributed by atoms with Crippen LogP contribution in [-0.4, -0.2) is 31.5 Å². The normalized spacial score (nSPS) is 19.5. The van der Waals surface area contributed by atoms with Crippen LogP contribution < -0.4 is 5.14 Å². The molecule has 1 fully saturated rings. The number of likely N-dealkylation sites (tertiary alicyclic amines) is 1. The quantitative estimate of drug-likeness (QED) is 0.893. The van der Waals surface area contributed by atoms with Crippen molar-refractivity contribution in [1.82, 2.24) is 4.90 Å². The number of benzene rings is 1. The number of nitrogens with two attached hydrogens (primary N) is 1. The molecule has 0 aliphatic carbocycles. The second-order valence-corrected chi connectivity index (χ2v) is 7.73. The fourth-order valence-corrected chi connectivity index (χ4v) is 3.56. The molecule has 0 bridgehead atoms. The number of nitrogens with zero attached hydrogens (tertiary/aromatic N) is 1. The van der Waals surface area contributed by atoms with E-state index < -0.39 is 10.0 Å². The Morgan fingerprint density at radius 1 is 1.29 bits per heavy atom. The predicted octanol–water partition coefficient (Wildman–Crippen LogP) is 1.45. The molecule has 21 heavy (non-hydrogen) atoms. The van der Waals surface area contributed by atoms with E-state index >= 15 is 0 Å². The number of sulfonamides is 1. The minimum atomic E-state index is -3.52. The van der Waals surface area contributed by atoms with Crippen molar-refractivity contribution in [1.29, 1.82) is 0 Å². The van der Waals surface area contributed by atoms with E-state index in [4.69, 9.17) is 5.14 Å². The summed E-state index contributed by atoms with van der Waals surface area (Å²) < 4.78 is 22.2. The molecule has 1 atom stereocenters. The van der Waals surface area contributed by atoms with E-state index in [1.807, 2.05) is 12.1 Å². The minimum Gasteiger partial charge on any atom is -0.338 e. The maximum Gasteiger partial charge on any atom is 0.223 e. The van der Waals surface area contributed by atoms with Gasteiger partial charge in [-0.2, -0.15) is 0 Å². The highest BCUT2D eigenvalue weighted by molar-refractivity contribution is 7.89. The highest BCUT2D eigenvalue weighted by atomic mass is 32.2. The van der Waals surface area contributed by atoms with Crippen LogP contribution in [0, 0.1) is 5.92 Å². The average molecular weight is 310 g/mol. The zero-order valence-electron chi connectivity index (χ0n) is 12.5. The average Bonchev–Trinajstić information content (AvgIpc) is 2.67. The molecular weight excluding hydrogens is 288 g/mol. The molecule has 1 aliphatic rings. The van der Waals surface area contributed by atoms with Crippen molar-refractivity contribution < 1.29 is 13.2 Å². The maximum atomic E-state index is 11.9. The largest absolute Gasteiger partial charge is 0.338 e. The van der Waals surface area contributed by atoms with Crippen LogP contribution in [0.1, 0.15) is 37.3 Å². The molecular formula is C15H22N2O3S. The molecule has 0 saturated carbocycles. The summed E-state index contributed by atoms with van der Waals surface area (Å²) in [6.45, 7) is 5.26. The van der Waals surface area contributed by atoms with Crippen LogP contribution in [0.25, 0.3) is 0 Å². The molecule has 1 unspecified atom stereocenters. The van der Waals surface area contributed by atoms with Gasteiger partial charge in [0, 0.05) is 25.4 Å². The Labute approximate surface area is 126 Å². The number of hydrogen-bond acceptors (Lipinski definition) is 3. The summed E-state index contributed by atoms with van der Waals surface area (Å²) in [5, 5.41) is 5.05. The summed E-state index contributed by atoms with van der Waals surface area (Å²) in [7, 11) is -3.52. The van der Waals surface area contributed by atoms with E-state index in [1.54, 1.807) is 4.90 Å². The van der Waals surface area contributed by atoms with Crippen molar-refractivity contribution >= 4 is 15.9 Å². The van der Waals surface area contributed by atoms with Gasteiger partial charge in [0.15, 0.2) is 0 Å². The molecule has 0 radical (unpaired) electrons. The fourth-order valence-electron chi connectivity index (χ4n) is 2.68. The second kappa shape index (κ2) is 6.15. The summed E-state index contributed by atoms with van der Waals surface area (Å²) in [5.74, 6) is 0.160. The summed E-state index contributed by atoms with van der Waals surface area (Å²) in [6.07, 6.45) is 0.264. The van der Waals surface area contributed by atoms with Crippen LogP contribution in [0.2, 0.25) is 0 Å². The number of rotatable bonds is 5. The van der Waals surface area contributed by atoms with Gasteiger partial charge in [0.2, 0.25) is 15.9 Å². The monoisotopic (exact) mass is 310 g/mol. The third-order valence-corrected chi connectivity index (χ3v) is 4.72. The number of carbonyl (C=O) groups is 1. The first-order valence-electron chi connectivity index (χ1n) is 7.11. The lowest BCUT2D eigenvalue weighted by Crippen LogP contribution is -2.27. The summed E-state index contributed by atoms with van der Waals surface area (Å²) in [6, 6.07) is 8.19. The summed E-state index contributed by atoms with van der Waals surface area (Å²) in [4.78, 5) is 13.6. The molecule has 1 aliphatic heterocycles. The first kappa shape index (κ1) is 16.0. The van der Waals surface area contributed by atoms with Crippen molar-refractivity contribution in [3.8, 4) is 0 Å². The zero-order valence-corrected chi connectivity index (χ0v) is 13.3. The van der Waals surface area contributed by atoms with Gasteiger partial charge in [-0.15, -0.1) is 0 Å². The van der Waals surface area contributed by atoms with Crippen LogP contribution in [0.15, 0.2) is 24.3 Å². The number of primary sulfonamides is 1. The first-order valence-corrected chi connectivity index (χ1v) is 8.83. The Hall–Kier alpha value is -1.40. The molecule has 0 spiro atoms. The third-order valence-electron chi connectivity index (χ3n) is 3.78. The SMILES string of the molecule is CC(C)c1ccc(CN2CC(CS(N)(=O)=O)CC2=O)cc1. The Morgan fingerprint density at radius 2 is 1.90 bits per heavy atom. The van der Waals surface area contributed by atoms with Gasteiger partial charge < -0.3 is 4.90 Å². The Morgan fingerprint density at radius 3 is 2.43 bits per heavy atom. The molecule has 116 valence electrons. The third kappa shape index (κ3) is 4.54. The molecule has 1 saturated heterocycles. The van der Waals surface area contributed by atoms with Crippen molar-refractivity contribution in [3.05, 3.63) is 35.4 Å². The van der Waals surface area contributed by atoms with Gasteiger partial charge in [0.1, 0.15) is 0 Å². The van der Waals surface area contributed by atoms with Gasteiger partial charge in [0.25, 0.3) is 0 Å². The van der Waals surface area contributed by atoms with Crippen molar-refractivity contribution in [2.45, 2.75) is 32.7 Å². The van der Waals surface area contributed by atoms with Gasteiger partial charge in [-0.25, -0.2) is 13.6 Å². The number of amides is 1. The lowest BCUT2D eigenvalue weighted by Gasteiger charge is -2.17. The van der Waals surface area contributed by atoms with Crippen LogP contribution in [0.5, 0.6) is 0 Å². The van der Waals surface area contributed by atoms with Crippen molar-refractivity contribution in [2.75, 3.05) is 12.3 Å². The minimum absolute atomic E-state index is 0.00316. The molecule has 1 heterocycles. The van der Waals surface area contributed by atoms with E-state index in [9.17, 15) is 13.2 Å². The van der Waals surface area contributed by atoms with E-state index in [0.29, 0.717) is 19.0 Å². The highest BCUT2D eigenvalue weighted by Crippen LogP contribution is 2.22. The van der Waals surface area contributed by atoms with E-state index in [1.165, 1.54) is 5.56 Å². The zero-order chi connectivity index (χ0) is 15.6. The lowest BCUT2D eigenvalue weighted by molar-refractivity contribution is -0.128. The highest BCUT2D eigenvalue weighted by Gasteiger charge is 2.31. The van der Waals surface area contributed by atoms with Crippen LogP contribution in [0.4, 0.5) is 0 Å². The predicted molar refractivity (Wildman–Crippen MR) is 82.0 cm³/mol. The Balaban J connectivity index is 1.98. The maximum absolute atomic E-state index is 11.9. The van der Waals surface area contributed by atoms with Crippen LogP contribution >= 0.6 is 0 Å². The molecule has 1 amide bonds. The van der Waals surface area contributed by atoms with E-state index in [-0.39, 0.29) is 24.0 Å². The molecule has 0 aromatic heterocycles. The number of hydrogen-bond donors (Lipinski definition) is 1. The lowest BCUT2D eigenvalue weighted by atomic mass is 10.0. The van der Waals surface area contributed by atoms with Gasteiger partial charge in [-0.1, -0.05) is 38.1 Å². The summed E-state index contributed by atoms with van der Waals surface area (Å²) in [5.41, 5.74) is 2.32. The fraction of sp³-hybridized carbons (Fsp3) is 0.533. The molecule has 2 N–H and O–H groups in total. The smallest absolute Gasteiger partial charge is 0.223 e. The Bertz CT molecular complexity index is 608. The molecule has 1 aromatic carbocycles. The summed E-state index contributed by atoms with van der Waals surface area (Å²) >= 11 is 0. The van der Waals surface area contributed by atoms with E-state index in [2.05, 4.69) is 26.0 Å². The Kier molecular flexibility index (Phi) is 4.68. The van der Waals surface area contributed by atoms with Crippen molar-refractivity contribution in [3.63, 3.8) is 0 Å². The van der Waals surface area contributed by atoms with E-state index in [0.717, 1.165) is 5.56 Å². The number of carbonyl (C=O) groups excluding carboxylic acids is 1. The van der Waals surface area contributed by atoms with Crippen LogP contribution in [0.3, 0.4) is 0 Å². The standard InChI is InChI=1S/C15H22N2O3S/c1-11(2)14-5-3-12(4-6-14)8-17-9-13(7-15(17)18)10-21(16,19)20/h3-6,11,13H,7-10H2,1-2H3,(H2,16,19,20). The second-order valence-electron chi connectivity index (χ2n) is 6.07. The molecule has 5 nitrogen and oxygen atoms in total. The van der Waals surface area contributed by atoms with Crippen molar-refractivity contribution in [2.24, 2.45) is 11.1 Å². The first-order chi connectivity index (χ1) is 9.74. The topological polar surface area (TPSA) is 80.5 Å². The van der Waals surface area contributed by atoms with Gasteiger partial charge >= 0.3 is 0 Å². The molecule has 2 rings (SSSR count). The molecule has 6 heteroatoms. The van der Waals surface area contributed by atoms with Crippen LogP contribution in [-0.2, 0) is 21.4 Å².